The molecule has 0 bridgehead atoms. The van der Waals surface area contributed by atoms with Gasteiger partial charge in [0.05, 0.1) is 0 Å². The van der Waals surface area contributed by atoms with Crippen LogP contribution in [-0.2, 0) is 11.2 Å². The van der Waals surface area contributed by atoms with E-state index >= 15 is 0 Å². The van der Waals surface area contributed by atoms with E-state index < -0.39 is 6.09 Å². The van der Waals surface area contributed by atoms with Gasteiger partial charge in [0.2, 0.25) is 12.7 Å². The number of anilines is 1. The summed E-state index contributed by atoms with van der Waals surface area (Å²) in [6.07, 6.45) is 3.90. The van der Waals surface area contributed by atoms with Gasteiger partial charge in [-0.1, -0.05) is 12.1 Å². The molecule has 1 aromatic heterocycles. The number of aromatic nitrogens is 2. The molecule has 0 spiro atoms. The molecule has 2 heterocycles. The molecule has 8 nitrogen and oxygen atoms in total. The lowest BCUT2D eigenvalue weighted by molar-refractivity contribution is 0.0608. The van der Waals surface area contributed by atoms with Crippen LogP contribution in [0.5, 0.6) is 5.75 Å². The number of benzene rings is 1. The third-order valence-electron chi connectivity index (χ3n) is 4.17. The normalized spacial score (nSPS) is 16.8. The van der Waals surface area contributed by atoms with Gasteiger partial charge in [0.1, 0.15) is 5.75 Å². The summed E-state index contributed by atoms with van der Waals surface area (Å²) in [6, 6.07) is 9.91. The third-order valence-corrected chi connectivity index (χ3v) is 4.17. The molecule has 1 amide bonds. The van der Waals surface area contributed by atoms with Crippen LogP contribution in [0.1, 0.15) is 5.56 Å². The van der Waals surface area contributed by atoms with E-state index in [0.717, 1.165) is 32.0 Å². The van der Waals surface area contributed by atoms with E-state index in [1.807, 2.05) is 30.3 Å². The number of hydrogen-bond acceptors (Lipinski definition) is 7. The van der Waals surface area contributed by atoms with Crippen molar-refractivity contribution in [3.63, 3.8) is 0 Å². The van der Waals surface area contributed by atoms with Gasteiger partial charge in [-0.2, -0.15) is 0 Å². The lowest BCUT2D eigenvalue weighted by atomic mass is 10.0. The molecular weight excluding hydrogens is 334 g/mol. The zero-order valence-electron chi connectivity index (χ0n) is 14.7. The topological polar surface area (TPSA) is 88.6 Å². The summed E-state index contributed by atoms with van der Waals surface area (Å²) in [4.78, 5) is 22.0. The molecule has 1 saturated heterocycles. The Labute approximate surface area is 152 Å². The number of rotatable bonds is 6. The van der Waals surface area contributed by atoms with Crippen molar-refractivity contribution in [2.45, 2.75) is 12.5 Å². The van der Waals surface area contributed by atoms with Crippen molar-refractivity contribution in [3.8, 4) is 5.75 Å². The van der Waals surface area contributed by atoms with Gasteiger partial charge < -0.3 is 25.0 Å². The van der Waals surface area contributed by atoms with Crippen LogP contribution >= 0.6 is 0 Å². The van der Waals surface area contributed by atoms with Crippen molar-refractivity contribution in [1.29, 1.82) is 0 Å². The molecule has 1 atom stereocenters. The number of alkyl carbamates (subject to hydrolysis) is 1. The second-order valence-corrected chi connectivity index (χ2v) is 5.89. The lowest BCUT2D eigenvalue weighted by Gasteiger charge is -2.36. The average molecular weight is 357 g/mol. The number of hydrogen-bond donors (Lipinski definition) is 2. The predicted molar refractivity (Wildman–Crippen MR) is 97.2 cm³/mol. The minimum Gasteiger partial charge on any atom is -0.457 e. The predicted octanol–water partition coefficient (Wildman–Crippen LogP) is 1.19. The Morgan fingerprint density at radius 1 is 1.31 bits per heavy atom. The molecule has 1 fully saturated rings. The lowest BCUT2D eigenvalue weighted by Crippen LogP contribution is -2.53. The van der Waals surface area contributed by atoms with Crippen molar-refractivity contribution in [3.05, 3.63) is 48.3 Å². The number of ether oxygens (including phenoxy) is 2. The molecule has 0 radical (unpaired) electrons. The quantitative estimate of drug-likeness (QED) is 0.751. The molecule has 8 heteroatoms. The van der Waals surface area contributed by atoms with E-state index in [1.54, 1.807) is 12.4 Å². The third kappa shape index (κ3) is 4.82. The van der Waals surface area contributed by atoms with Gasteiger partial charge in [0, 0.05) is 45.1 Å². The monoisotopic (exact) mass is 357 g/mol. The number of amides is 1. The fourth-order valence-corrected chi connectivity index (χ4v) is 2.86. The van der Waals surface area contributed by atoms with Crippen LogP contribution in [-0.4, -0.2) is 55.6 Å². The van der Waals surface area contributed by atoms with E-state index in [4.69, 9.17) is 9.47 Å². The Morgan fingerprint density at radius 3 is 2.81 bits per heavy atom. The van der Waals surface area contributed by atoms with Gasteiger partial charge in [0.25, 0.3) is 0 Å². The Morgan fingerprint density at radius 2 is 2.08 bits per heavy atom. The molecule has 0 aliphatic carbocycles. The highest BCUT2D eigenvalue weighted by molar-refractivity contribution is 5.66. The van der Waals surface area contributed by atoms with Crippen LogP contribution in [0.25, 0.3) is 0 Å². The molecule has 3 rings (SSSR count). The first-order chi connectivity index (χ1) is 12.8. The molecule has 1 aromatic carbocycles. The maximum atomic E-state index is 11.0. The first-order valence-electron chi connectivity index (χ1n) is 8.57. The second-order valence-electron chi connectivity index (χ2n) is 5.89. The van der Waals surface area contributed by atoms with E-state index in [9.17, 15) is 4.79 Å². The van der Waals surface area contributed by atoms with Crippen molar-refractivity contribution < 1.29 is 14.3 Å². The maximum absolute atomic E-state index is 11.0. The zero-order valence-corrected chi connectivity index (χ0v) is 14.7. The zero-order chi connectivity index (χ0) is 18.2. The van der Waals surface area contributed by atoms with Gasteiger partial charge in [-0.3, -0.25) is 0 Å². The van der Waals surface area contributed by atoms with Gasteiger partial charge in [-0.25, -0.2) is 14.8 Å². The molecule has 0 saturated carbocycles. The van der Waals surface area contributed by atoms with Crippen molar-refractivity contribution in [1.82, 2.24) is 20.6 Å². The van der Waals surface area contributed by atoms with Gasteiger partial charge in [0.15, 0.2) is 0 Å². The fourth-order valence-electron chi connectivity index (χ4n) is 2.86. The number of piperazine rings is 1. The van der Waals surface area contributed by atoms with Gasteiger partial charge in [-0.05, 0) is 30.2 Å². The fraction of sp³-hybridized carbons (Fsp3) is 0.389. The van der Waals surface area contributed by atoms with Crippen molar-refractivity contribution in [2.24, 2.45) is 0 Å². The van der Waals surface area contributed by atoms with E-state index in [2.05, 4.69) is 25.5 Å². The summed E-state index contributed by atoms with van der Waals surface area (Å²) in [5.74, 6) is 1.42. The summed E-state index contributed by atoms with van der Waals surface area (Å²) in [5, 5.41) is 5.80. The number of nitrogens with one attached hydrogen (secondary N) is 2. The van der Waals surface area contributed by atoms with Crippen LogP contribution in [0.15, 0.2) is 42.7 Å². The van der Waals surface area contributed by atoms with Crippen LogP contribution in [0.3, 0.4) is 0 Å². The molecule has 2 N–H and O–H groups in total. The molecule has 26 heavy (non-hydrogen) atoms. The Hall–Kier alpha value is -2.87. The van der Waals surface area contributed by atoms with Gasteiger partial charge >= 0.3 is 6.09 Å². The van der Waals surface area contributed by atoms with Crippen LogP contribution in [0, 0.1) is 0 Å². The van der Waals surface area contributed by atoms with E-state index in [0.29, 0.717) is 5.75 Å². The van der Waals surface area contributed by atoms with Gasteiger partial charge in [-0.15, -0.1) is 0 Å². The van der Waals surface area contributed by atoms with Crippen LogP contribution < -0.4 is 20.3 Å². The Balaban J connectivity index is 1.58. The highest BCUT2D eigenvalue weighted by atomic mass is 16.7. The maximum Gasteiger partial charge on any atom is 0.409 e. The van der Waals surface area contributed by atoms with Crippen LogP contribution in [0.2, 0.25) is 0 Å². The molecule has 2 aromatic rings. The molecule has 138 valence electrons. The Bertz CT molecular complexity index is 696. The first-order valence-corrected chi connectivity index (χ1v) is 8.57. The highest BCUT2D eigenvalue weighted by Crippen LogP contribution is 2.18. The summed E-state index contributed by atoms with van der Waals surface area (Å²) < 4.78 is 10.2. The van der Waals surface area contributed by atoms with Crippen molar-refractivity contribution in [2.75, 3.05) is 38.4 Å². The largest absolute Gasteiger partial charge is 0.457 e. The number of carbonyl (C=O) groups is 1. The minimum absolute atomic E-state index is 0.120. The smallest absolute Gasteiger partial charge is 0.409 e. The first kappa shape index (κ1) is 17.9. The minimum atomic E-state index is -0.519. The average Bonchev–Trinajstić information content (AvgIpc) is 2.70. The Kier molecular flexibility index (Phi) is 6.21. The highest BCUT2D eigenvalue weighted by Gasteiger charge is 2.24. The number of nitrogens with zero attached hydrogens (tertiary/aromatic N) is 3. The molecule has 1 unspecified atom stereocenters. The summed E-state index contributed by atoms with van der Waals surface area (Å²) in [5.41, 5.74) is 1.19. The summed E-state index contributed by atoms with van der Waals surface area (Å²) in [6.45, 7) is 2.57. The SMILES string of the molecule is CNC(=O)OCOc1ccc(CC2CNCCN2c2ncccn2)cc1. The number of carbonyl (C=O) groups excluding carboxylic acids is 1. The standard InChI is InChI=1S/C18H23N5O3/c1-19-18(24)26-13-25-16-5-3-14(4-6-16)11-15-12-20-9-10-23(15)17-21-7-2-8-22-17/h2-8,15,20H,9-13H2,1H3,(H,19,24). The van der Waals surface area contributed by atoms with Crippen LogP contribution in [0.4, 0.5) is 10.7 Å². The van der Waals surface area contributed by atoms with E-state index in [1.165, 1.54) is 12.6 Å². The molecule has 1 aliphatic rings. The molecule has 1 aliphatic heterocycles. The second kappa shape index (κ2) is 9.00. The van der Waals surface area contributed by atoms with Crippen molar-refractivity contribution >= 4 is 12.0 Å². The summed E-state index contributed by atoms with van der Waals surface area (Å²) in [7, 11) is 1.50. The molecular formula is C18H23N5O3. The van der Waals surface area contributed by atoms with E-state index in [-0.39, 0.29) is 12.8 Å². The summed E-state index contributed by atoms with van der Waals surface area (Å²) >= 11 is 0.